The maximum atomic E-state index is 5.39. The van der Waals surface area contributed by atoms with E-state index in [1.54, 1.807) is 0 Å². The molecule has 0 amide bonds. The third-order valence-electron chi connectivity index (χ3n) is 3.20. The Hall–Kier alpha value is -1.49. The fourth-order valence-electron chi connectivity index (χ4n) is 2.05. The van der Waals surface area contributed by atoms with E-state index in [9.17, 15) is 0 Å². The Morgan fingerprint density at radius 1 is 1.33 bits per heavy atom. The molecule has 0 radical (unpaired) electrons. The van der Waals surface area contributed by atoms with Crippen molar-refractivity contribution in [2.24, 2.45) is 7.05 Å². The molecule has 1 aliphatic rings. The molecule has 94 valence electrons. The summed E-state index contributed by atoms with van der Waals surface area (Å²) in [6.07, 6.45) is 0.814. The van der Waals surface area contributed by atoms with Crippen LogP contribution < -0.4 is 9.47 Å². The van der Waals surface area contributed by atoms with Gasteiger partial charge in [-0.1, -0.05) is 6.07 Å². The molecule has 1 aromatic heterocycles. The fraction of sp³-hybridized carbons (Fsp3) is 0.308. The number of aromatic nitrogens is 2. The van der Waals surface area contributed by atoms with Crippen LogP contribution in [-0.4, -0.2) is 16.3 Å². The molecule has 3 rings (SSSR count). The summed E-state index contributed by atoms with van der Waals surface area (Å²) in [7, 11) is 2.02. The van der Waals surface area contributed by atoms with Crippen LogP contribution in [0.25, 0.3) is 0 Å². The van der Waals surface area contributed by atoms with Gasteiger partial charge in [-0.25, -0.2) is 4.98 Å². The van der Waals surface area contributed by atoms with Crippen molar-refractivity contribution in [3.63, 3.8) is 0 Å². The number of benzene rings is 1. The third kappa shape index (κ3) is 1.88. The maximum absolute atomic E-state index is 5.39. The maximum Gasteiger partial charge on any atom is 0.231 e. The van der Waals surface area contributed by atoms with E-state index in [1.165, 1.54) is 5.56 Å². The largest absolute Gasteiger partial charge is 0.454 e. The van der Waals surface area contributed by atoms with E-state index in [2.05, 4.69) is 31.5 Å². The highest BCUT2D eigenvalue weighted by Crippen LogP contribution is 2.33. The smallest absolute Gasteiger partial charge is 0.231 e. The Labute approximate surface area is 114 Å². The minimum Gasteiger partial charge on any atom is -0.454 e. The molecule has 0 spiro atoms. The van der Waals surface area contributed by atoms with Gasteiger partial charge >= 0.3 is 0 Å². The molecule has 4 nitrogen and oxygen atoms in total. The van der Waals surface area contributed by atoms with Gasteiger partial charge in [0.15, 0.2) is 11.5 Å². The number of halogens is 1. The molecule has 2 heterocycles. The second-order valence-corrected chi connectivity index (χ2v) is 5.07. The molecule has 5 heteroatoms. The second kappa shape index (κ2) is 4.31. The van der Waals surface area contributed by atoms with Crippen molar-refractivity contribution in [2.45, 2.75) is 13.3 Å². The molecule has 0 aliphatic carbocycles. The number of imidazole rings is 1. The number of hydrogen-bond donors (Lipinski definition) is 0. The van der Waals surface area contributed by atoms with Crippen LogP contribution in [0.5, 0.6) is 11.5 Å². The summed E-state index contributed by atoms with van der Waals surface area (Å²) < 4.78 is 13.7. The summed E-state index contributed by atoms with van der Waals surface area (Å²) in [4.78, 5) is 4.40. The molecule has 1 aliphatic heterocycles. The van der Waals surface area contributed by atoms with Crippen LogP contribution in [0.15, 0.2) is 22.8 Å². The van der Waals surface area contributed by atoms with Crippen LogP contribution in [0.2, 0.25) is 0 Å². The van der Waals surface area contributed by atoms with Crippen LogP contribution in [0.1, 0.15) is 17.1 Å². The van der Waals surface area contributed by atoms with Gasteiger partial charge in [-0.15, -0.1) is 0 Å². The lowest BCUT2D eigenvalue weighted by Gasteiger charge is -2.05. The van der Waals surface area contributed by atoms with E-state index in [0.717, 1.165) is 34.0 Å². The van der Waals surface area contributed by atoms with E-state index < -0.39 is 0 Å². The van der Waals surface area contributed by atoms with E-state index in [4.69, 9.17) is 9.47 Å². The fourth-order valence-corrected chi connectivity index (χ4v) is 2.71. The molecule has 0 fully saturated rings. The summed E-state index contributed by atoms with van der Waals surface area (Å²) in [6.45, 7) is 2.31. The second-order valence-electron chi connectivity index (χ2n) is 4.32. The average Bonchev–Trinajstić information content (AvgIpc) is 2.89. The Morgan fingerprint density at radius 2 is 2.11 bits per heavy atom. The monoisotopic (exact) mass is 308 g/mol. The van der Waals surface area contributed by atoms with E-state index in [1.807, 2.05) is 26.1 Å². The number of nitrogens with zero attached hydrogens (tertiary/aromatic N) is 2. The van der Waals surface area contributed by atoms with Gasteiger partial charge in [-0.2, -0.15) is 0 Å². The zero-order chi connectivity index (χ0) is 12.7. The molecule has 1 aromatic carbocycles. The third-order valence-corrected chi connectivity index (χ3v) is 3.83. The molecule has 0 bridgehead atoms. The molecule has 0 N–H and O–H groups in total. The zero-order valence-electron chi connectivity index (χ0n) is 10.2. The normalized spacial score (nSPS) is 13.1. The number of hydrogen-bond acceptors (Lipinski definition) is 3. The van der Waals surface area contributed by atoms with Gasteiger partial charge in [-0.05, 0) is 40.5 Å². The van der Waals surface area contributed by atoms with Gasteiger partial charge in [0.25, 0.3) is 0 Å². The van der Waals surface area contributed by atoms with E-state index in [-0.39, 0.29) is 0 Å². The molecule has 0 atom stereocenters. The summed E-state index contributed by atoms with van der Waals surface area (Å²) in [5.74, 6) is 2.64. The van der Waals surface area contributed by atoms with Gasteiger partial charge in [-0.3, -0.25) is 0 Å². The van der Waals surface area contributed by atoms with Crippen molar-refractivity contribution >= 4 is 15.9 Å². The highest BCUT2D eigenvalue weighted by atomic mass is 79.9. The lowest BCUT2D eigenvalue weighted by Crippen LogP contribution is -2.00. The number of rotatable bonds is 2. The molecule has 2 aromatic rings. The Morgan fingerprint density at radius 3 is 2.83 bits per heavy atom. The molecule has 0 saturated heterocycles. The predicted molar refractivity (Wildman–Crippen MR) is 71.0 cm³/mol. The Bertz CT molecular complexity index is 607. The number of aryl methyl sites for hydroxylation is 1. The van der Waals surface area contributed by atoms with E-state index in [0.29, 0.717) is 6.79 Å². The van der Waals surface area contributed by atoms with Crippen molar-refractivity contribution in [1.29, 1.82) is 0 Å². The van der Waals surface area contributed by atoms with Crippen LogP contribution in [0.3, 0.4) is 0 Å². The first-order chi connectivity index (χ1) is 8.65. The topological polar surface area (TPSA) is 36.3 Å². The lowest BCUT2D eigenvalue weighted by molar-refractivity contribution is 0.174. The van der Waals surface area contributed by atoms with Gasteiger partial charge in [0.1, 0.15) is 10.4 Å². The number of ether oxygens (including phenoxy) is 2. The quantitative estimate of drug-likeness (QED) is 0.856. The summed E-state index contributed by atoms with van der Waals surface area (Å²) in [5, 5.41) is 0. The van der Waals surface area contributed by atoms with Crippen molar-refractivity contribution in [2.75, 3.05) is 6.79 Å². The molecular formula is C13H13BrN2O2. The molecule has 18 heavy (non-hydrogen) atoms. The predicted octanol–water partition coefficient (Wildman–Crippen LogP) is 2.81. The van der Waals surface area contributed by atoms with Crippen LogP contribution in [0, 0.1) is 6.92 Å². The minimum atomic E-state index is 0.313. The average molecular weight is 309 g/mol. The highest BCUT2D eigenvalue weighted by Gasteiger charge is 2.15. The van der Waals surface area contributed by atoms with E-state index >= 15 is 0 Å². The first-order valence-electron chi connectivity index (χ1n) is 5.71. The van der Waals surface area contributed by atoms with Crippen LogP contribution >= 0.6 is 15.9 Å². The van der Waals surface area contributed by atoms with Crippen molar-refractivity contribution in [1.82, 2.24) is 9.55 Å². The van der Waals surface area contributed by atoms with Gasteiger partial charge in [0, 0.05) is 13.5 Å². The standard InChI is InChI=1S/C13H13BrN2O2/c1-8-15-13(14)10(16(8)2)5-9-3-4-11-12(6-9)18-7-17-11/h3-4,6H,5,7H2,1-2H3. The first kappa shape index (κ1) is 11.6. The van der Waals surface area contributed by atoms with Gasteiger partial charge in [0.05, 0.1) is 5.69 Å². The number of fused-ring (bicyclic) bond motifs is 1. The Balaban J connectivity index is 1.93. The Kier molecular flexibility index (Phi) is 2.78. The van der Waals surface area contributed by atoms with Crippen molar-refractivity contribution in [3.8, 4) is 11.5 Å². The summed E-state index contributed by atoms with van der Waals surface area (Å²) >= 11 is 3.50. The van der Waals surface area contributed by atoms with Gasteiger partial charge < -0.3 is 14.0 Å². The summed E-state index contributed by atoms with van der Waals surface area (Å²) in [5.41, 5.74) is 2.34. The summed E-state index contributed by atoms with van der Waals surface area (Å²) in [6, 6.07) is 6.04. The highest BCUT2D eigenvalue weighted by molar-refractivity contribution is 9.10. The minimum absolute atomic E-state index is 0.313. The molecule has 0 saturated carbocycles. The lowest BCUT2D eigenvalue weighted by atomic mass is 10.1. The molecule has 0 unspecified atom stereocenters. The van der Waals surface area contributed by atoms with Crippen LogP contribution in [-0.2, 0) is 13.5 Å². The first-order valence-corrected chi connectivity index (χ1v) is 6.50. The molecular weight excluding hydrogens is 296 g/mol. The van der Waals surface area contributed by atoms with Gasteiger partial charge in [0.2, 0.25) is 6.79 Å². The van der Waals surface area contributed by atoms with Crippen molar-refractivity contribution in [3.05, 3.63) is 39.9 Å². The SMILES string of the molecule is Cc1nc(Br)c(Cc2ccc3c(c2)OCO3)n1C. The zero-order valence-corrected chi connectivity index (χ0v) is 11.8. The van der Waals surface area contributed by atoms with Crippen LogP contribution in [0.4, 0.5) is 0 Å². The van der Waals surface area contributed by atoms with Crippen molar-refractivity contribution < 1.29 is 9.47 Å².